The van der Waals surface area contributed by atoms with Crippen molar-refractivity contribution < 1.29 is 4.52 Å². The highest BCUT2D eigenvalue weighted by Gasteiger charge is 2.14. The van der Waals surface area contributed by atoms with Gasteiger partial charge in [-0.25, -0.2) is 0 Å². The average molecular weight is 315 g/mol. The number of aromatic amines is 1. The maximum atomic E-state index is 12.4. The van der Waals surface area contributed by atoms with Crippen LogP contribution >= 0.6 is 11.8 Å². The van der Waals surface area contributed by atoms with E-state index in [9.17, 15) is 4.79 Å². The zero-order chi connectivity index (χ0) is 15.4. The van der Waals surface area contributed by atoms with Gasteiger partial charge in [-0.1, -0.05) is 59.7 Å². The molecule has 0 unspecified atom stereocenters. The Morgan fingerprint density at radius 2 is 2.09 bits per heavy atom. The molecule has 0 amide bonds. The third-order valence-electron chi connectivity index (χ3n) is 3.57. The fourth-order valence-corrected chi connectivity index (χ4v) is 3.28. The first kappa shape index (κ1) is 15.0. The van der Waals surface area contributed by atoms with Gasteiger partial charge >= 0.3 is 11.9 Å². The van der Waals surface area contributed by atoms with Gasteiger partial charge in [-0.15, -0.1) is 0 Å². The van der Waals surface area contributed by atoms with Gasteiger partial charge in [-0.05, 0) is 23.5 Å². The van der Waals surface area contributed by atoms with E-state index in [1.165, 1.54) is 19.3 Å². The number of hydrogen-bond acceptors (Lipinski definition) is 4. The first-order valence-electron chi connectivity index (χ1n) is 7.62. The van der Waals surface area contributed by atoms with Gasteiger partial charge in [-0.3, -0.25) is 9.78 Å². The maximum absolute atomic E-state index is 12.4. The third kappa shape index (κ3) is 3.11. The lowest BCUT2D eigenvalue weighted by molar-refractivity contribution is -0.589. The van der Waals surface area contributed by atoms with Crippen LogP contribution in [-0.4, -0.2) is 20.8 Å². The molecule has 1 aromatic carbocycles. The van der Waals surface area contributed by atoms with E-state index >= 15 is 0 Å². The van der Waals surface area contributed by atoms with Crippen molar-refractivity contribution in [2.75, 3.05) is 5.75 Å². The molecule has 0 aliphatic heterocycles. The SMILES string of the molecule is CCCCCCSc1n[n+]2cnc3ccccc3c2c(=O)[nH]1. The van der Waals surface area contributed by atoms with Gasteiger partial charge in [0, 0.05) is 5.75 Å². The number of benzene rings is 1. The van der Waals surface area contributed by atoms with Gasteiger partial charge in [0.15, 0.2) is 5.52 Å². The van der Waals surface area contributed by atoms with Crippen molar-refractivity contribution in [3.63, 3.8) is 0 Å². The topological polar surface area (TPSA) is 62.7 Å². The molecule has 0 radical (unpaired) electrons. The van der Waals surface area contributed by atoms with Crippen LogP contribution in [0.5, 0.6) is 0 Å². The molecule has 0 saturated carbocycles. The van der Waals surface area contributed by atoms with Crippen LogP contribution < -0.4 is 10.1 Å². The fourth-order valence-electron chi connectivity index (χ4n) is 2.43. The Morgan fingerprint density at radius 1 is 1.23 bits per heavy atom. The predicted molar refractivity (Wildman–Crippen MR) is 88.2 cm³/mol. The number of H-pyrrole nitrogens is 1. The molecule has 2 heterocycles. The van der Waals surface area contributed by atoms with Crippen molar-refractivity contribution in [3.05, 3.63) is 40.9 Å². The zero-order valence-electron chi connectivity index (χ0n) is 12.6. The molecule has 22 heavy (non-hydrogen) atoms. The summed E-state index contributed by atoms with van der Waals surface area (Å²) in [5, 5.41) is 5.93. The van der Waals surface area contributed by atoms with E-state index in [1.807, 2.05) is 24.3 Å². The minimum atomic E-state index is -0.121. The highest BCUT2D eigenvalue weighted by Crippen LogP contribution is 2.15. The number of rotatable bonds is 6. The van der Waals surface area contributed by atoms with Crippen LogP contribution in [0.4, 0.5) is 0 Å². The lowest BCUT2D eigenvalue weighted by Crippen LogP contribution is -2.35. The van der Waals surface area contributed by atoms with Gasteiger partial charge in [0.1, 0.15) is 0 Å². The van der Waals surface area contributed by atoms with Crippen LogP contribution in [0.1, 0.15) is 32.6 Å². The number of nitrogens with one attached hydrogen (secondary N) is 1. The summed E-state index contributed by atoms with van der Waals surface area (Å²) in [5.74, 6) is 0.968. The molecular formula is C16H19N4OS+. The van der Waals surface area contributed by atoms with Crippen molar-refractivity contribution in [2.45, 2.75) is 37.8 Å². The second-order valence-electron chi connectivity index (χ2n) is 5.22. The van der Waals surface area contributed by atoms with E-state index in [0.29, 0.717) is 10.7 Å². The molecule has 0 aliphatic carbocycles. The quantitative estimate of drug-likeness (QED) is 0.329. The Labute approximate surface area is 132 Å². The summed E-state index contributed by atoms with van der Waals surface area (Å²) in [7, 11) is 0. The van der Waals surface area contributed by atoms with Crippen molar-refractivity contribution in [1.29, 1.82) is 0 Å². The Hall–Kier alpha value is -1.95. The van der Waals surface area contributed by atoms with E-state index in [1.54, 1.807) is 22.6 Å². The summed E-state index contributed by atoms with van der Waals surface area (Å²) < 4.78 is 1.58. The van der Waals surface area contributed by atoms with Crippen LogP contribution in [-0.2, 0) is 0 Å². The predicted octanol–water partition coefficient (Wildman–Crippen LogP) is 2.73. The van der Waals surface area contributed by atoms with Crippen molar-refractivity contribution in [3.8, 4) is 0 Å². The molecule has 3 rings (SSSR count). The minimum Gasteiger partial charge on any atom is -0.295 e. The molecule has 0 bridgehead atoms. The Morgan fingerprint density at radius 3 is 2.95 bits per heavy atom. The molecule has 5 nitrogen and oxygen atoms in total. The van der Waals surface area contributed by atoms with Crippen LogP contribution in [0, 0.1) is 0 Å². The first-order chi connectivity index (χ1) is 10.8. The molecular weight excluding hydrogens is 296 g/mol. The zero-order valence-corrected chi connectivity index (χ0v) is 13.4. The highest BCUT2D eigenvalue weighted by molar-refractivity contribution is 7.99. The van der Waals surface area contributed by atoms with E-state index in [-0.39, 0.29) is 5.56 Å². The van der Waals surface area contributed by atoms with Gasteiger partial charge in [0.2, 0.25) is 10.7 Å². The molecule has 0 atom stereocenters. The monoisotopic (exact) mass is 315 g/mol. The number of fused-ring (bicyclic) bond motifs is 3. The third-order valence-corrected chi connectivity index (χ3v) is 4.52. The molecule has 0 spiro atoms. The highest BCUT2D eigenvalue weighted by atomic mass is 32.2. The van der Waals surface area contributed by atoms with Crippen LogP contribution in [0.15, 0.2) is 40.5 Å². The van der Waals surface area contributed by atoms with Crippen molar-refractivity contribution in [1.82, 2.24) is 15.1 Å². The van der Waals surface area contributed by atoms with Crippen LogP contribution in [0.3, 0.4) is 0 Å². The number of unbranched alkanes of at least 4 members (excludes halogenated alkanes) is 3. The van der Waals surface area contributed by atoms with Gasteiger partial charge < -0.3 is 0 Å². The molecule has 0 aliphatic rings. The van der Waals surface area contributed by atoms with Crippen LogP contribution in [0.2, 0.25) is 0 Å². The number of aromatic nitrogens is 4. The van der Waals surface area contributed by atoms with Crippen LogP contribution in [0.25, 0.3) is 16.4 Å². The molecule has 114 valence electrons. The van der Waals surface area contributed by atoms with Gasteiger partial charge in [0.05, 0.1) is 5.39 Å². The van der Waals surface area contributed by atoms with Crippen molar-refractivity contribution >= 4 is 28.2 Å². The molecule has 0 fully saturated rings. The second-order valence-corrected chi connectivity index (χ2v) is 6.31. The lowest BCUT2D eigenvalue weighted by Gasteiger charge is -2.01. The molecule has 2 aromatic heterocycles. The van der Waals surface area contributed by atoms with E-state index in [4.69, 9.17) is 0 Å². The summed E-state index contributed by atoms with van der Waals surface area (Å²) in [6.07, 6.45) is 6.45. The van der Waals surface area contributed by atoms with Gasteiger partial charge in [-0.2, -0.15) is 0 Å². The van der Waals surface area contributed by atoms with Gasteiger partial charge in [0.25, 0.3) is 0 Å². The summed E-state index contributed by atoms with van der Waals surface area (Å²) >= 11 is 1.59. The summed E-state index contributed by atoms with van der Waals surface area (Å²) in [6, 6.07) is 7.60. The van der Waals surface area contributed by atoms with E-state index in [2.05, 4.69) is 22.0 Å². The largest absolute Gasteiger partial charge is 0.312 e. The normalized spacial score (nSPS) is 11.3. The first-order valence-corrected chi connectivity index (χ1v) is 8.60. The molecule has 3 aromatic rings. The Bertz CT molecular complexity index is 846. The number of nitrogens with zero attached hydrogens (tertiary/aromatic N) is 3. The molecule has 1 N–H and O–H groups in total. The van der Waals surface area contributed by atoms with Crippen molar-refractivity contribution in [2.24, 2.45) is 0 Å². The molecule has 6 heteroatoms. The van der Waals surface area contributed by atoms with E-state index in [0.717, 1.165) is 23.1 Å². The standard InChI is InChI=1S/C16H18N4OS/c1-2-3-4-7-10-22-16-18-15(21)14-12-8-5-6-9-13(12)17-11-20(14)19-16/h5-6,8-9,11H,2-4,7,10H2,1H3/p+1. The summed E-state index contributed by atoms with van der Waals surface area (Å²) in [6.45, 7) is 2.20. The number of hydrogen-bond donors (Lipinski definition) is 1. The summed E-state index contributed by atoms with van der Waals surface area (Å²) in [5.41, 5.74) is 1.22. The summed E-state index contributed by atoms with van der Waals surface area (Å²) in [4.78, 5) is 19.6. The Balaban J connectivity index is 1.89. The minimum absolute atomic E-state index is 0.121. The second kappa shape index (κ2) is 6.87. The lowest BCUT2D eigenvalue weighted by atomic mass is 10.2. The average Bonchev–Trinajstić information content (AvgIpc) is 2.54. The van der Waals surface area contributed by atoms with E-state index < -0.39 is 0 Å². The molecule has 0 saturated heterocycles. The Kier molecular flexibility index (Phi) is 4.68. The maximum Gasteiger partial charge on any atom is 0.312 e. The fraction of sp³-hybridized carbons (Fsp3) is 0.375. The number of para-hydroxylation sites is 1. The smallest absolute Gasteiger partial charge is 0.295 e. The number of thioether (sulfide) groups is 1.